The molecule has 0 fully saturated rings. The largest absolute Gasteiger partial charge is 0.416 e. The van der Waals surface area contributed by atoms with Gasteiger partial charge in [-0.1, -0.05) is 17.8 Å². The van der Waals surface area contributed by atoms with Crippen molar-refractivity contribution in [3.63, 3.8) is 0 Å². The monoisotopic (exact) mass is 475 g/mol. The zero-order chi connectivity index (χ0) is 23.2. The number of aromatic nitrogens is 3. The maximum absolute atomic E-state index is 13.1. The highest BCUT2D eigenvalue weighted by molar-refractivity contribution is 8.00. The Labute approximate surface area is 191 Å². The van der Waals surface area contributed by atoms with Crippen molar-refractivity contribution in [3.8, 4) is 5.69 Å². The number of nitrogens with zero attached hydrogens (tertiary/aromatic N) is 3. The Morgan fingerprint density at radius 3 is 2.59 bits per heavy atom. The van der Waals surface area contributed by atoms with Crippen LogP contribution in [0.5, 0.6) is 0 Å². The Kier molecular flexibility index (Phi) is 5.89. The number of thioether (sulfide) groups is 1. The van der Waals surface area contributed by atoms with Crippen molar-refractivity contribution in [1.82, 2.24) is 14.5 Å². The van der Waals surface area contributed by atoms with Crippen LogP contribution in [0.15, 0.2) is 41.7 Å². The standard InChI is InChI=1S/C23H20F3N3OS2/c1-12-8-18(14(3)29(12)17-7-5-6-16(9-17)23(24,25)26)19(30)10-31-21-20-13(2)15(4)32-22(20)28-11-27-21/h5-9,11H,10H2,1-4H3. The number of hydrogen-bond donors (Lipinski definition) is 0. The number of fused-ring (bicyclic) bond motifs is 1. The summed E-state index contributed by atoms with van der Waals surface area (Å²) in [5.41, 5.74) is 2.58. The van der Waals surface area contributed by atoms with Gasteiger partial charge >= 0.3 is 6.18 Å². The molecule has 0 bridgehead atoms. The van der Waals surface area contributed by atoms with E-state index in [0.717, 1.165) is 32.9 Å². The molecular formula is C23H20F3N3OS2. The van der Waals surface area contributed by atoms with Crippen molar-refractivity contribution >= 4 is 39.1 Å². The fourth-order valence-corrected chi connectivity index (χ4v) is 5.74. The number of alkyl halides is 3. The fourth-order valence-electron chi connectivity index (χ4n) is 3.73. The molecule has 0 atom stereocenters. The Balaban J connectivity index is 1.62. The van der Waals surface area contributed by atoms with Crippen molar-refractivity contribution in [2.75, 3.05) is 5.75 Å². The van der Waals surface area contributed by atoms with Crippen LogP contribution in [0.2, 0.25) is 0 Å². The molecule has 0 saturated carbocycles. The molecule has 0 aliphatic heterocycles. The van der Waals surface area contributed by atoms with Crippen LogP contribution in [0.25, 0.3) is 15.9 Å². The first-order valence-corrected chi connectivity index (χ1v) is 11.6. The van der Waals surface area contributed by atoms with Crippen LogP contribution in [0, 0.1) is 27.7 Å². The predicted octanol–water partition coefficient (Wildman–Crippen LogP) is 6.71. The number of thiophene rings is 1. The first kappa shape index (κ1) is 22.5. The Hall–Kier alpha value is -2.65. The molecule has 0 unspecified atom stereocenters. The first-order chi connectivity index (χ1) is 15.1. The van der Waals surface area contributed by atoms with Gasteiger partial charge in [0.1, 0.15) is 16.2 Å². The van der Waals surface area contributed by atoms with E-state index in [1.165, 1.54) is 29.0 Å². The molecule has 166 valence electrons. The van der Waals surface area contributed by atoms with E-state index in [1.807, 2.05) is 13.8 Å². The maximum Gasteiger partial charge on any atom is 0.416 e. The number of carbonyl (C=O) groups excluding carboxylic acids is 1. The molecule has 0 aliphatic rings. The summed E-state index contributed by atoms with van der Waals surface area (Å²) in [6, 6.07) is 6.85. The van der Waals surface area contributed by atoms with Gasteiger partial charge in [-0.2, -0.15) is 13.2 Å². The van der Waals surface area contributed by atoms with E-state index in [2.05, 4.69) is 9.97 Å². The Bertz CT molecular complexity index is 1340. The third-order valence-electron chi connectivity index (χ3n) is 5.43. The Morgan fingerprint density at radius 2 is 1.88 bits per heavy atom. The predicted molar refractivity (Wildman–Crippen MR) is 122 cm³/mol. The van der Waals surface area contributed by atoms with E-state index >= 15 is 0 Å². The minimum Gasteiger partial charge on any atom is -0.318 e. The molecule has 3 aromatic heterocycles. The van der Waals surface area contributed by atoms with Crippen molar-refractivity contribution in [2.45, 2.75) is 38.9 Å². The van der Waals surface area contributed by atoms with Gasteiger partial charge in [0.05, 0.1) is 11.3 Å². The van der Waals surface area contributed by atoms with Crippen LogP contribution in [0.4, 0.5) is 13.2 Å². The average Bonchev–Trinajstić information content (AvgIpc) is 3.21. The molecule has 0 spiro atoms. The lowest BCUT2D eigenvalue weighted by Gasteiger charge is -2.13. The van der Waals surface area contributed by atoms with Gasteiger partial charge in [0, 0.05) is 32.9 Å². The summed E-state index contributed by atoms with van der Waals surface area (Å²) >= 11 is 2.95. The van der Waals surface area contributed by atoms with E-state index < -0.39 is 11.7 Å². The van der Waals surface area contributed by atoms with Crippen LogP contribution >= 0.6 is 23.1 Å². The van der Waals surface area contributed by atoms with Crippen LogP contribution < -0.4 is 0 Å². The summed E-state index contributed by atoms with van der Waals surface area (Å²) in [6.07, 6.45) is -2.93. The molecule has 3 heterocycles. The van der Waals surface area contributed by atoms with Gasteiger partial charge in [-0.25, -0.2) is 9.97 Å². The number of hydrogen-bond acceptors (Lipinski definition) is 5. The summed E-state index contributed by atoms with van der Waals surface area (Å²) in [6.45, 7) is 7.58. The summed E-state index contributed by atoms with van der Waals surface area (Å²) in [5, 5.41) is 1.74. The van der Waals surface area contributed by atoms with Gasteiger partial charge in [0.2, 0.25) is 0 Å². The van der Waals surface area contributed by atoms with Gasteiger partial charge in [-0.05, 0) is 57.5 Å². The lowest BCUT2D eigenvalue weighted by Crippen LogP contribution is -2.08. The fraction of sp³-hybridized carbons (Fsp3) is 0.261. The van der Waals surface area contributed by atoms with Gasteiger partial charge in [0.25, 0.3) is 0 Å². The average molecular weight is 476 g/mol. The van der Waals surface area contributed by atoms with Crippen LogP contribution in [0.1, 0.15) is 37.7 Å². The molecule has 0 amide bonds. The molecule has 1 aromatic carbocycles. The molecule has 4 rings (SSSR count). The van der Waals surface area contributed by atoms with Crippen LogP contribution in [-0.4, -0.2) is 26.1 Å². The number of carbonyl (C=O) groups is 1. The number of benzene rings is 1. The van der Waals surface area contributed by atoms with E-state index in [-0.39, 0.29) is 11.5 Å². The summed E-state index contributed by atoms with van der Waals surface area (Å²) in [7, 11) is 0. The number of aryl methyl sites for hydroxylation is 3. The highest BCUT2D eigenvalue weighted by Crippen LogP contribution is 2.35. The van der Waals surface area contributed by atoms with Crippen LogP contribution in [0.3, 0.4) is 0 Å². The highest BCUT2D eigenvalue weighted by Gasteiger charge is 2.31. The van der Waals surface area contributed by atoms with Gasteiger partial charge in [-0.15, -0.1) is 11.3 Å². The molecule has 32 heavy (non-hydrogen) atoms. The van der Waals surface area contributed by atoms with Crippen molar-refractivity contribution < 1.29 is 18.0 Å². The summed E-state index contributed by atoms with van der Waals surface area (Å²) in [4.78, 5) is 23.8. The minimum absolute atomic E-state index is 0.0994. The molecule has 0 aliphatic carbocycles. The molecule has 9 heteroatoms. The van der Waals surface area contributed by atoms with E-state index in [4.69, 9.17) is 0 Å². The van der Waals surface area contributed by atoms with E-state index in [0.29, 0.717) is 22.6 Å². The van der Waals surface area contributed by atoms with E-state index in [1.54, 1.807) is 41.9 Å². The van der Waals surface area contributed by atoms with Gasteiger partial charge in [-0.3, -0.25) is 4.79 Å². The zero-order valence-electron chi connectivity index (χ0n) is 17.9. The number of ketones is 1. The van der Waals surface area contributed by atoms with Crippen LogP contribution in [-0.2, 0) is 6.18 Å². The van der Waals surface area contributed by atoms with E-state index in [9.17, 15) is 18.0 Å². The van der Waals surface area contributed by atoms with Gasteiger partial charge in [0.15, 0.2) is 5.78 Å². The zero-order valence-corrected chi connectivity index (χ0v) is 19.5. The third kappa shape index (κ3) is 4.06. The van der Waals surface area contributed by atoms with Crippen molar-refractivity contribution in [3.05, 3.63) is 69.6 Å². The molecule has 0 saturated heterocycles. The normalized spacial score (nSPS) is 12.0. The second-order valence-electron chi connectivity index (χ2n) is 7.52. The second kappa shape index (κ2) is 8.37. The number of rotatable bonds is 5. The van der Waals surface area contributed by atoms with Gasteiger partial charge < -0.3 is 4.57 Å². The first-order valence-electron chi connectivity index (χ1n) is 9.81. The topological polar surface area (TPSA) is 47.8 Å². The molecular weight excluding hydrogens is 455 g/mol. The highest BCUT2D eigenvalue weighted by atomic mass is 32.2. The third-order valence-corrected chi connectivity index (χ3v) is 7.54. The molecule has 4 nitrogen and oxygen atoms in total. The quantitative estimate of drug-likeness (QED) is 0.183. The van der Waals surface area contributed by atoms with Crippen molar-refractivity contribution in [1.29, 1.82) is 0 Å². The lowest BCUT2D eigenvalue weighted by atomic mass is 10.1. The SMILES string of the molecule is Cc1sc2ncnc(SCC(=O)c3cc(C)n(-c4cccc(C(F)(F)F)c4)c3C)c2c1C. The number of halogens is 3. The molecule has 0 radical (unpaired) electrons. The minimum atomic E-state index is -4.43. The summed E-state index contributed by atoms with van der Waals surface area (Å²) < 4.78 is 41.1. The lowest BCUT2D eigenvalue weighted by molar-refractivity contribution is -0.137. The second-order valence-corrected chi connectivity index (χ2v) is 9.69. The number of Topliss-reactive ketones (excluding diaryl/α,β-unsaturated/α-hetero) is 1. The Morgan fingerprint density at radius 1 is 1.12 bits per heavy atom. The molecule has 4 aromatic rings. The molecule has 0 N–H and O–H groups in total. The smallest absolute Gasteiger partial charge is 0.318 e. The maximum atomic E-state index is 13.1. The summed E-state index contributed by atoms with van der Waals surface area (Å²) in [5.74, 6) is 0.0746. The van der Waals surface area contributed by atoms with Crippen molar-refractivity contribution in [2.24, 2.45) is 0 Å².